The Morgan fingerprint density at radius 2 is 1.81 bits per heavy atom. The highest BCUT2D eigenvalue weighted by Crippen LogP contribution is 2.52. The van der Waals surface area contributed by atoms with Crippen molar-refractivity contribution >= 4 is 17.4 Å². The maximum atomic E-state index is 13.2. The summed E-state index contributed by atoms with van der Waals surface area (Å²) in [5.74, 6) is 0.692. The molecule has 4 rings (SSSR count). The van der Waals surface area contributed by atoms with Gasteiger partial charge in [0.25, 0.3) is 0 Å². The smallest absolute Gasteiger partial charge is 0.177 e. The van der Waals surface area contributed by atoms with Gasteiger partial charge in [0.1, 0.15) is 5.69 Å². The SMILES string of the molecule is CC(=O)c1[nH]nc2c1C(C)(c1ccccc1)C1=C(CC(C)(C)CC1=O)N2. The highest BCUT2D eigenvalue weighted by molar-refractivity contribution is 6.05. The number of allylic oxidation sites excluding steroid dienone is 2. The number of Topliss-reactive ketones (excluding diaryl/α,β-unsaturated/α-hetero) is 2. The number of aromatic nitrogens is 2. The Kier molecular flexibility index (Phi) is 3.48. The lowest BCUT2D eigenvalue weighted by atomic mass is 9.61. The first kappa shape index (κ1) is 16.8. The van der Waals surface area contributed by atoms with Gasteiger partial charge >= 0.3 is 0 Å². The van der Waals surface area contributed by atoms with E-state index in [9.17, 15) is 9.59 Å². The van der Waals surface area contributed by atoms with Crippen LogP contribution in [-0.2, 0) is 10.2 Å². The summed E-state index contributed by atoms with van der Waals surface area (Å²) in [5, 5.41) is 10.6. The molecule has 26 heavy (non-hydrogen) atoms. The second-order valence-electron chi connectivity index (χ2n) is 8.29. The average molecular weight is 349 g/mol. The van der Waals surface area contributed by atoms with E-state index < -0.39 is 5.41 Å². The Balaban J connectivity index is 2.04. The predicted octanol–water partition coefficient (Wildman–Crippen LogP) is 3.99. The van der Waals surface area contributed by atoms with Crippen LogP contribution in [0.3, 0.4) is 0 Å². The highest BCUT2D eigenvalue weighted by atomic mass is 16.1. The van der Waals surface area contributed by atoms with E-state index in [2.05, 4.69) is 29.4 Å². The third-order valence-electron chi connectivity index (χ3n) is 5.61. The van der Waals surface area contributed by atoms with Gasteiger partial charge in [-0.2, -0.15) is 5.10 Å². The second-order valence-corrected chi connectivity index (χ2v) is 8.29. The molecule has 5 nitrogen and oxygen atoms in total. The molecule has 1 aromatic carbocycles. The third-order valence-corrected chi connectivity index (χ3v) is 5.61. The molecule has 1 atom stereocenters. The van der Waals surface area contributed by atoms with Crippen LogP contribution in [0.2, 0.25) is 0 Å². The van der Waals surface area contributed by atoms with Gasteiger partial charge in [0, 0.05) is 30.2 Å². The molecule has 2 heterocycles. The van der Waals surface area contributed by atoms with Gasteiger partial charge in [0.05, 0.1) is 5.41 Å². The molecular formula is C21H23N3O2. The minimum absolute atomic E-state index is 0.0876. The molecule has 1 unspecified atom stereocenters. The van der Waals surface area contributed by atoms with E-state index in [-0.39, 0.29) is 17.0 Å². The molecule has 1 aromatic heterocycles. The number of aromatic amines is 1. The third kappa shape index (κ3) is 2.26. The van der Waals surface area contributed by atoms with E-state index in [1.165, 1.54) is 6.92 Å². The lowest BCUT2D eigenvalue weighted by Crippen LogP contribution is -2.42. The number of carbonyl (C=O) groups excluding carboxylic acids is 2. The number of carbonyl (C=O) groups is 2. The zero-order chi connectivity index (χ0) is 18.7. The van der Waals surface area contributed by atoms with Crippen LogP contribution in [0.5, 0.6) is 0 Å². The normalized spacial score (nSPS) is 23.9. The molecule has 0 amide bonds. The summed E-state index contributed by atoms with van der Waals surface area (Å²) < 4.78 is 0. The fraction of sp³-hybridized carbons (Fsp3) is 0.381. The molecule has 0 spiro atoms. The van der Waals surface area contributed by atoms with Crippen molar-refractivity contribution in [3.63, 3.8) is 0 Å². The van der Waals surface area contributed by atoms with Crippen LogP contribution in [0.4, 0.5) is 5.82 Å². The van der Waals surface area contributed by atoms with E-state index in [4.69, 9.17) is 0 Å². The van der Waals surface area contributed by atoms with Gasteiger partial charge < -0.3 is 5.32 Å². The molecule has 2 N–H and O–H groups in total. The number of hydrogen-bond donors (Lipinski definition) is 2. The molecule has 134 valence electrons. The van der Waals surface area contributed by atoms with E-state index >= 15 is 0 Å². The standard InChI is InChI=1S/C21H23N3O2/c1-12(25)18-17-19(24-23-18)22-14-10-20(2,3)11-15(26)16(14)21(17,4)13-8-6-5-7-9-13/h5-9H,10-11H2,1-4H3,(H2,22,23,24). The highest BCUT2D eigenvalue weighted by Gasteiger charge is 2.50. The Labute approximate surface area is 152 Å². The van der Waals surface area contributed by atoms with Crippen molar-refractivity contribution in [1.29, 1.82) is 0 Å². The van der Waals surface area contributed by atoms with Crippen LogP contribution >= 0.6 is 0 Å². The van der Waals surface area contributed by atoms with E-state index in [1.807, 2.05) is 37.3 Å². The lowest BCUT2D eigenvalue weighted by Gasteiger charge is -2.43. The molecule has 2 aliphatic rings. The zero-order valence-corrected chi connectivity index (χ0v) is 15.6. The number of H-pyrrole nitrogens is 1. The number of anilines is 1. The molecule has 0 radical (unpaired) electrons. The molecule has 0 bridgehead atoms. The van der Waals surface area contributed by atoms with Crippen LogP contribution in [0, 0.1) is 5.41 Å². The van der Waals surface area contributed by atoms with E-state index in [1.54, 1.807) is 0 Å². The number of rotatable bonds is 2. The zero-order valence-electron chi connectivity index (χ0n) is 15.6. The van der Waals surface area contributed by atoms with Gasteiger partial charge in [-0.1, -0.05) is 44.2 Å². The molecule has 0 saturated heterocycles. The van der Waals surface area contributed by atoms with Gasteiger partial charge in [-0.05, 0) is 24.3 Å². The summed E-state index contributed by atoms with van der Waals surface area (Å²) in [6, 6.07) is 9.92. The summed E-state index contributed by atoms with van der Waals surface area (Å²) in [5.41, 5.74) is 3.10. The minimum atomic E-state index is -0.710. The summed E-state index contributed by atoms with van der Waals surface area (Å²) in [7, 11) is 0. The van der Waals surface area contributed by atoms with Gasteiger partial charge in [-0.3, -0.25) is 14.7 Å². The average Bonchev–Trinajstić information content (AvgIpc) is 2.98. The molecule has 1 aliphatic heterocycles. The van der Waals surface area contributed by atoms with Crippen molar-refractivity contribution in [1.82, 2.24) is 10.2 Å². The molecule has 0 saturated carbocycles. The number of ketones is 2. The molecular weight excluding hydrogens is 326 g/mol. The fourth-order valence-electron chi connectivity index (χ4n) is 4.51. The Morgan fingerprint density at radius 1 is 1.12 bits per heavy atom. The molecule has 5 heteroatoms. The second kappa shape index (κ2) is 5.40. The van der Waals surface area contributed by atoms with E-state index in [0.717, 1.165) is 28.8 Å². The van der Waals surface area contributed by atoms with Gasteiger partial charge in [-0.25, -0.2) is 0 Å². The summed E-state index contributed by atoms with van der Waals surface area (Å²) in [4.78, 5) is 25.5. The first-order valence-corrected chi connectivity index (χ1v) is 8.93. The van der Waals surface area contributed by atoms with Gasteiger partial charge in [0.2, 0.25) is 0 Å². The maximum absolute atomic E-state index is 13.2. The topological polar surface area (TPSA) is 74.8 Å². The molecule has 2 aromatic rings. The number of benzene rings is 1. The summed E-state index contributed by atoms with van der Waals surface area (Å²) in [6.45, 7) is 7.78. The van der Waals surface area contributed by atoms with Crippen LogP contribution in [0.15, 0.2) is 41.6 Å². The monoisotopic (exact) mass is 349 g/mol. The number of fused-ring (bicyclic) bond motifs is 1. The maximum Gasteiger partial charge on any atom is 0.177 e. The summed E-state index contributed by atoms with van der Waals surface area (Å²) in [6.07, 6.45) is 1.27. The van der Waals surface area contributed by atoms with Crippen LogP contribution in [-0.4, -0.2) is 21.8 Å². The number of hydrogen-bond acceptors (Lipinski definition) is 4. The molecule has 1 aliphatic carbocycles. The minimum Gasteiger partial charge on any atom is -0.342 e. The van der Waals surface area contributed by atoms with E-state index in [0.29, 0.717) is 17.9 Å². The van der Waals surface area contributed by atoms with Crippen molar-refractivity contribution in [3.8, 4) is 0 Å². The Morgan fingerprint density at radius 3 is 2.46 bits per heavy atom. The van der Waals surface area contributed by atoms with Crippen molar-refractivity contribution in [3.05, 3.63) is 58.4 Å². The first-order chi connectivity index (χ1) is 12.2. The van der Waals surface area contributed by atoms with Crippen molar-refractivity contribution in [2.45, 2.75) is 46.0 Å². The number of nitrogens with zero attached hydrogens (tertiary/aromatic N) is 1. The van der Waals surface area contributed by atoms with Crippen LogP contribution in [0.1, 0.15) is 62.2 Å². The van der Waals surface area contributed by atoms with Crippen molar-refractivity contribution in [2.24, 2.45) is 5.41 Å². The molecule has 0 fully saturated rings. The lowest BCUT2D eigenvalue weighted by molar-refractivity contribution is -0.118. The Hall–Kier alpha value is -2.69. The first-order valence-electron chi connectivity index (χ1n) is 8.93. The van der Waals surface area contributed by atoms with Crippen LogP contribution < -0.4 is 5.32 Å². The Bertz CT molecular complexity index is 953. The summed E-state index contributed by atoms with van der Waals surface area (Å²) >= 11 is 0. The van der Waals surface area contributed by atoms with Crippen molar-refractivity contribution < 1.29 is 9.59 Å². The fourth-order valence-corrected chi connectivity index (χ4v) is 4.51. The number of nitrogens with one attached hydrogen (secondary N) is 2. The quantitative estimate of drug-likeness (QED) is 0.804. The van der Waals surface area contributed by atoms with Crippen molar-refractivity contribution in [2.75, 3.05) is 5.32 Å². The largest absolute Gasteiger partial charge is 0.342 e. The van der Waals surface area contributed by atoms with Gasteiger partial charge in [-0.15, -0.1) is 0 Å². The van der Waals surface area contributed by atoms with Crippen LogP contribution in [0.25, 0.3) is 0 Å². The van der Waals surface area contributed by atoms with Gasteiger partial charge in [0.15, 0.2) is 17.4 Å². The predicted molar refractivity (Wildman–Crippen MR) is 100 cm³/mol.